The summed E-state index contributed by atoms with van der Waals surface area (Å²) in [6, 6.07) is 8.27. The van der Waals surface area contributed by atoms with Gasteiger partial charge in [0, 0.05) is 6.54 Å². The van der Waals surface area contributed by atoms with Crippen molar-refractivity contribution in [3.63, 3.8) is 0 Å². The van der Waals surface area contributed by atoms with Crippen molar-refractivity contribution in [3.05, 3.63) is 35.4 Å². The number of nitrogens with one attached hydrogen (secondary N) is 2. The van der Waals surface area contributed by atoms with Crippen LogP contribution < -0.4 is 10.6 Å². The van der Waals surface area contributed by atoms with Gasteiger partial charge in [-0.3, -0.25) is 4.79 Å². The molecule has 1 aliphatic rings. The zero-order valence-electron chi connectivity index (χ0n) is 10.7. The maximum atomic E-state index is 11.9. The summed E-state index contributed by atoms with van der Waals surface area (Å²) in [5.41, 5.74) is 2.40. The third kappa shape index (κ3) is 4.31. The number of hydrogen-bond acceptors (Lipinski definition) is 2. The Morgan fingerprint density at radius 2 is 2.06 bits per heavy atom. The first-order valence-electron chi connectivity index (χ1n) is 6.32. The Kier molecular flexibility index (Phi) is 6.16. The van der Waals surface area contributed by atoms with E-state index in [2.05, 4.69) is 41.8 Å². The van der Waals surface area contributed by atoms with E-state index in [1.165, 1.54) is 12.0 Å². The predicted molar refractivity (Wildman–Crippen MR) is 75.9 cm³/mol. The molecule has 4 heteroatoms. The molecule has 1 saturated heterocycles. The number of benzene rings is 1. The van der Waals surface area contributed by atoms with Crippen LogP contribution in [0.4, 0.5) is 0 Å². The van der Waals surface area contributed by atoms with Gasteiger partial charge in [0.05, 0.1) is 6.04 Å². The second-order valence-corrected chi connectivity index (χ2v) is 4.71. The normalized spacial score (nSPS) is 18.8. The van der Waals surface area contributed by atoms with Crippen LogP contribution in [0, 0.1) is 6.92 Å². The van der Waals surface area contributed by atoms with Gasteiger partial charge in [-0.15, -0.1) is 12.4 Å². The quantitative estimate of drug-likeness (QED) is 0.882. The summed E-state index contributed by atoms with van der Waals surface area (Å²) in [4.78, 5) is 11.9. The molecule has 1 aliphatic heterocycles. The molecule has 1 fully saturated rings. The summed E-state index contributed by atoms with van der Waals surface area (Å²) in [5.74, 6) is 0.130. The highest BCUT2D eigenvalue weighted by Crippen LogP contribution is 2.07. The molecule has 2 rings (SSSR count). The van der Waals surface area contributed by atoms with Gasteiger partial charge < -0.3 is 10.6 Å². The Morgan fingerprint density at radius 1 is 1.33 bits per heavy atom. The number of carbonyl (C=O) groups excluding carboxylic acids is 1. The third-order valence-electron chi connectivity index (χ3n) is 3.21. The zero-order valence-corrected chi connectivity index (χ0v) is 11.6. The molecule has 1 atom stereocenters. The van der Waals surface area contributed by atoms with Crippen LogP contribution in [0.3, 0.4) is 0 Å². The number of hydrogen-bond donors (Lipinski definition) is 2. The fraction of sp³-hybridized carbons (Fsp3) is 0.500. The molecule has 2 N–H and O–H groups in total. The van der Waals surface area contributed by atoms with Crippen LogP contribution in [0.5, 0.6) is 0 Å². The molecule has 3 nitrogen and oxygen atoms in total. The molecule has 1 heterocycles. The van der Waals surface area contributed by atoms with E-state index in [0.717, 1.165) is 24.9 Å². The Hall–Kier alpha value is -1.06. The van der Waals surface area contributed by atoms with E-state index in [1.807, 2.05) is 0 Å². The van der Waals surface area contributed by atoms with E-state index < -0.39 is 0 Å². The molecule has 100 valence electrons. The minimum atomic E-state index is 0. The van der Waals surface area contributed by atoms with Gasteiger partial charge in [-0.1, -0.05) is 36.2 Å². The van der Waals surface area contributed by atoms with Crippen LogP contribution in [-0.2, 0) is 11.3 Å². The largest absolute Gasteiger partial charge is 0.351 e. The molecule has 0 aliphatic carbocycles. The Bertz CT molecular complexity index is 372. The van der Waals surface area contributed by atoms with E-state index in [9.17, 15) is 4.79 Å². The summed E-state index contributed by atoms with van der Waals surface area (Å²) in [7, 11) is 0. The molecule has 1 unspecified atom stereocenters. The highest BCUT2D eigenvalue weighted by atomic mass is 35.5. The van der Waals surface area contributed by atoms with E-state index in [1.54, 1.807) is 0 Å². The van der Waals surface area contributed by atoms with Gasteiger partial charge >= 0.3 is 0 Å². The van der Waals surface area contributed by atoms with Crippen molar-refractivity contribution in [1.29, 1.82) is 0 Å². The van der Waals surface area contributed by atoms with E-state index in [4.69, 9.17) is 0 Å². The summed E-state index contributed by atoms with van der Waals surface area (Å²) in [6.45, 7) is 3.65. The molecular weight excluding hydrogens is 248 g/mol. The summed E-state index contributed by atoms with van der Waals surface area (Å²) < 4.78 is 0. The van der Waals surface area contributed by atoms with Crippen LogP contribution in [0.25, 0.3) is 0 Å². The van der Waals surface area contributed by atoms with Gasteiger partial charge in [0.15, 0.2) is 0 Å². The molecule has 1 aromatic carbocycles. The van der Waals surface area contributed by atoms with Crippen LogP contribution >= 0.6 is 12.4 Å². The van der Waals surface area contributed by atoms with Crippen molar-refractivity contribution in [3.8, 4) is 0 Å². The minimum absolute atomic E-state index is 0. The molecule has 1 amide bonds. The molecule has 0 saturated carbocycles. The van der Waals surface area contributed by atoms with Crippen LogP contribution in [-0.4, -0.2) is 18.5 Å². The van der Waals surface area contributed by atoms with Gasteiger partial charge in [-0.25, -0.2) is 0 Å². The van der Waals surface area contributed by atoms with E-state index in [0.29, 0.717) is 6.54 Å². The lowest BCUT2D eigenvalue weighted by atomic mass is 10.0. The zero-order chi connectivity index (χ0) is 12.1. The minimum Gasteiger partial charge on any atom is -0.351 e. The van der Waals surface area contributed by atoms with Gasteiger partial charge in [-0.2, -0.15) is 0 Å². The Morgan fingerprint density at radius 3 is 2.67 bits per heavy atom. The predicted octanol–water partition coefficient (Wildman–Crippen LogP) is 2.18. The molecular formula is C14H21ClN2O. The highest BCUT2D eigenvalue weighted by molar-refractivity contribution is 5.85. The Balaban J connectivity index is 0.00000162. The lowest BCUT2D eigenvalue weighted by Crippen LogP contribution is -2.46. The average molecular weight is 269 g/mol. The standard InChI is InChI=1S/C14H20N2O.ClH/c1-11-5-7-12(8-6-11)10-16-14(17)13-4-2-3-9-15-13;/h5-8,13,15H,2-4,9-10H2,1H3,(H,16,17);1H. The first kappa shape index (κ1) is 15.0. The van der Waals surface area contributed by atoms with Crippen molar-refractivity contribution >= 4 is 18.3 Å². The van der Waals surface area contributed by atoms with Gasteiger partial charge in [-0.05, 0) is 31.9 Å². The first-order valence-corrected chi connectivity index (χ1v) is 6.32. The van der Waals surface area contributed by atoms with E-state index in [-0.39, 0.29) is 24.4 Å². The number of rotatable bonds is 3. The topological polar surface area (TPSA) is 41.1 Å². The fourth-order valence-electron chi connectivity index (χ4n) is 2.09. The van der Waals surface area contributed by atoms with Crippen LogP contribution in [0.15, 0.2) is 24.3 Å². The van der Waals surface area contributed by atoms with Crippen molar-refractivity contribution in [2.45, 2.75) is 38.8 Å². The van der Waals surface area contributed by atoms with Crippen molar-refractivity contribution < 1.29 is 4.79 Å². The number of carbonyl (C=O) groups is 1. The molecule has 0 spiro atoms. The smallest absolute Gasteiger partial charge is 0.237 e. The van der Waals surface area contributed by atoms with Gasteiger partial charge in [0.2, 0.25) is 5.91 Å². The van der Waals surface area contributed by atoms with Crippen LogP contribution in [0.1, 0.15) is 30.4 Å². The molecule has 18 heavy (non-hydrogen) atoms. The SMILES string of the molecule is Cc1ccc(CNC(=O)C2CCCCN2)cc1.Cl. The lowest BCUT2D eigenvalue weighted by Gasteiger charge is -2.22. The third-order valence-corrected chi connectivity index (χ3v) is 3.21. The lowest BCUT2D eigenvalue weighted by molar-refractivity contribution is -0.123. The van der Waals surface area contributed by atoms with Gasteiger partial charge in [0.1, 0.15) is 0 Å². The average Bonchev–Trinajstić information content (AvgIpc) is 2.39. The molecule has 0 bridgehead atoms. The first-order chi connectivity index (χ1) is 8.25. The van der Waals surface area contributed by atoms with Crippen molar-refractivity contribution in [1.82, 2.24) is 10.6 Å². The summed E-state index contributed by atoms with van der Waals surface area (Å²) >= 11 is 0. The summed E-state index contributed by atoms with van der Waals surface area (Å²) in [6.07, 6.45) is 3.29. The molecule has 0 aromatic heterocycles. The molecule has 0 radical (unpaired) electrons. The second-order valence-electron chi connectivity index (χ2n) is 4.71. The highest BCUT2D eigenvalue weighted by Gasteiger charge is 2.19. The number of piperidine rings is 1. The second kappa shape index (κ2) is 7.39. The maximum Gasteiger partial charge on any atom is 0.237 e. The maximum absolute atomic E-state index is 11.9. The Labute approximate surface area is 115 Å². The summed E-state index contributed by atoms with van der Waals surface area (Å²) in [5, 5.41) is 6.24. The molecule has 1 aromatic rings. The van der Waals surface area contributed by atoms with Crippen LogP contribution in [0.2, 0.25) is 0 Å². The fourth-order valence-corrected chi connectivity index (χ4v) is 2.09. The number of amides is 1. The van der Waals surface area contributed by atoms with Crippen molar-refractivity contribution in [2.24, 2.45) is 0 Å². The van der Waals surface area contributed by atoms with Gasteiger partial charge in [0.25, 0.3) is 0 Å². The number of aryl methyl sites for hydroxylation is 1. The number of halogens is 1. The monoisotopic (exact) mass is 268 g/mol. The van der Waals surface area contributed by atoms with E-state index >= 15 is 0 Å². The van der Waals surface area contributed by atoms with Crippen molar-refractivity contribution in [2.75, 3.05) is 6.54 Å².